The van der Waals surface area contributed by atoms with Gasteiger partial charge in [0.05, 0.1) is 18.4 Å². The number of ether oxygens (including phenoxy) is 1. The Morgan fingerprint density at radius 1 is 1.24 bits per heavy atom. The quantitative estimate of drug-likeness (QED) is 0.915. The van der Waals surface area contributed by atoms with Crippen LogP contribution in [0.2, 0.25) is 5.02 Å². The molecule has 0 saturated heterocycles. The Morgan fingerprint density at radius 3 is 2.57 bits per heavy atom. The molecule has 0 aliphatic heterocycles. The van der Waals surface area contributed by atoms with Crippen LogP contribution in [0.5, 0.6) is 5.75 Å². The maximum absolute atomic E-state index is 13.8. The first-order chi connectivity index (χ1) is 9.92. The standard InChI is InChI=1S/C16H15ClFNO2/c1-9-4-5-11(13(18)6-9)16(20)19-14-7-10(2)12(17)8-15(14)21-3/h4-8H,1-3H3,(H,19,20). The smallest absolute Gasteiger partial charge is 0.258 e. The highest BCUT2D eigenvalue weighted by molar-refractivity contribution is 6.31. The van der Waals surface area contributed by atoms with E-state index in [0.717, 1.165) is 11.1 Å². The topological polar surface area (TPSA) is 38.3 Å². The van der Waals surface area contributed by atoms with Crippen LogP contribution in [-0.4, -0.2) is 13.0 Å². The van der Waals surface area contributed by atoms with Crippen molar-refractivity contribution in [2.75, 3.05) is 12.4 Å². The second-order valence-electron chi connectivity index (χ2n) is 4.74. The van der Waals surface area contributed by atoms with Gasteiger partial charge < -0.3 is 10.1 Å². The first-order valence-electron chi connectivity index (χ1n) is 6.34. The first kappa shape index (κ1) is 15.3. The highest BCUT2D eigenvalue weighted by atomic mass is 35.5. The molecule has 0 aliphatic rings. The summed E-state index contributed by atoms with van der Waals surface area (Å²) in [6.45, 7) is 3.57. The van der Waals surface area contributed by atoms with Gasteiger partial charge in [0.1, 0.15) is 11.6 Å². The van der Waals surface area contributed by atoms with E-state index < -0.39 is 11.7 Å². The van der Waals surface area contributed by atoms with Crippen molar-refractivity contribution < 1.29 is 13.9 Å². The highest BCUT2D eigenvalue weighted by Crippen LogP contribution is 2.31. The average Bonchev–Trinajstić information content (AvgIpc) is 2.42. The molecule has 2 aromatic carbocycles. The van der Waals surface area contributed by atoms with E-state index in [0.29, 0.717) is 16.5 Å². The lowest BCUT2D eigenvalue weighted by Crippen LogP contribution is -2.14. The van der Waals surface area contributed by atoms with Crippen LogP contribution >= 0.6 is 11.6 Å². The molecule has 5 heteroatoms. The second-order valence-corrected chi connectivity index (χ2v) is 5.15. The lowest BCUT2D eigenvalue weighted by molar-refractivity contribution is 0.102. The number of hydrogen-bond donors (Lipinski definition) is 1. The molecule has 21 heavy (non-hydrogen) atoms. The number of amides is 1. The largest absolute Gasteiger partial charge is 0.495 e. The minimum atomic E-state index is -0.558. The van der Waals surface area contributed by atoms with Crippen molar-refractivity contribution >= 4 is 23.2 Å². The number of methoxy groups -OCH3 is 1. The van der Waals surface area contributed by atoms with Gasteiger partial charge in [0.2, 0.25) is 0 Å². The Hall–Kier alpha value is -2.07. The number of halogens is 2. The van der Waals surface area contributed by atoms with E-state index in [9.17, 15) is 9.18 Å². The van der Waals surface area contributed by atoms with Crippen LogP contribution in [0.4, 0.5) is 10.1 Å². The van der Waals surface area contributed by atoms with Gasteiger partial charge in [0.15, 0.2) is 0 Å². The Bertz CT molecular complexity index is 701. The molecule has 0 bridgehead atoms. The number of carbonyl (C=O) groups excluding carboxylic acids is 1. The third kappa shape index (κ3) is 3.34. The van der Waals surface area contributed by atoms with Gasteiger partial charge in [-0.05, 0) is 43.2 Å². The van der Waals surface area contributed by atoms with Crippen LogP contribution in [0.1, 0.15) is 21.5 Å². The molecular weight excluding hydrogens is 293 g/mol. The maximum Gasteiger partial charge on any atom is 0.258 e. The Labute approximate surface area is 127 Å². The van der Waals surface area contributed by atoms with Gasteiger partial charge in [0.25, 0.3) is 5.91 Å². The summed E-state index contributed by atoms with van der Waals surface area (Å²) in [5, 5.41) is 3.18. The highest BCUT2D eigenvalue weighted by Gasteiger charge is 2.15. The van der Waals surface area contributed by atoms with Crippen LogP contribution in [0.15, 0.2) is 30.3 Å². The van der Waals surface area contributed by atoms with Crippen LogP contribution in [-0.2, 0) is 0 Å². The molecule has 0 fully saturated rings. The molecule has 3 nitrogen and oxygen atoms in total. The average molecular weight is 308 g/mol. The zero-order chi connectivity index (χ0) is 15.6. The fourth-order valence-electron chi connectivity index (χ4n) is 1.92. The van der Waals surface area contributed by atoms with Crippen molar-refractivity contribution in [1.82, 2.24) is 0 Å². The fourth-order valence-corrected chi connectivity index (χ4v) is 2.08. The summed E-state index contributed by atoms with van der Waals surface area (Å²) < 4.78 is 19.0. The zero-order valence-corrected chi connectivity index (χ0v) is 12.7. The van der Waals surface area contributed by atoms with E-state index >= 15 is 0 Å². The minimum absolute atomic E-state index is 0.0183. The van der Waals surface area contributed by atoms with Crippen molar-refractivity contribution in [2.45, 2.75) is 13.8 Å². The number of benzene rings is 2. The van der Waals surface area contributed by atoms with Crippen molar-refractivity contribution in [3.63, 3.8) is 0 Å². The molecule has 110 valence electrons. The Balaban J connectivity index is 2.33. The first-order valence-corrected chi connectivity index (χ1v) is 6.72. The molecule has 0 spiro atoms. The molecule has 0 radical (unpaired) electrons. The van der Waals surface area contributed by atoms with E-state index in [1.807, 2.05) is 6.92 Å². The number of nitrogens with one attached hydrogen (secondary N) is 1. The number of rotatable bonds is 3. The van der Waals surface area contributed by atoms with E-state index in [4.69, 9.17) is 16.3 Å². The Kier molecular flexibility index (Phi) is 4.48. The van der Waals surface area contributed by atoms with E-state index in [1.54, 1.807) is 25.1 Å². The normalized spacial score (nSPS) is 10.3. The van der Waals surface area contributed by atoms with Gasteiger partial charge in [0, 0.05) is 11.1 Å². The predicted octanol–water partition coefficient (Wildman–Crippen LogP) is 4.36. The molecule has 2 aromatic rings. The summed E-state index contributed by atoms with van der Waals surface area (Å²) in [4.78, 5) is 12.2. The zero-order valence-electron chi connectivity index (χ0n) is 12.0. The Morgan fingerprint density at radius 2 is 1.95 bits per heavy atom. The van der Waals surface area contributed by atoms with Crippen molar-refractivity contribution in [3.05, 3.63) is 57.9 Å². The lowest BCUT2D eigenvalue weighted by atomic mass is 10.1. The summed E-state index contributed by atoms with van der Waals surface area (Å²) >= 11 is 6.01. The number of hydrogen-bond acceptors (Lipinski definition) is 2. The summed E-state index contributed by atoms with van der Waals surface area (Å²) in [5.41, 5.74) is 1.97. The van der Waals surface area contributed by atoms with Gasteiger partial charge in [-0.2, -0.15) is 0 Å². The van der Waals surface area contributed by atoms with Gasteiger partial charge in [-0.15, -0.1) is 0 Å². The third-order valence-electron chi connectivity index (χ3n) is 3.10. The molecule has 2 rings (SSSR count). The molecule has 0 heterocycles. The van der Waals surface area contributed by atoms with Crippen LogP contribution in [0, 0.1) is 19.7 Å². The van der Waals surface area contributed by atoms with Crippen LogP contribution in [0.3, 0.4) is 0 Å². The predicted molar refractivity (Wildman–Crippen MR) is 81.8 cm³/mol. The molecule has 1 amide bonds. The number of aryl methyl sites for hydroxylation is 2. The summed E-state index contributed by atoms with van der Waals surface area (Å²) in [6.07, 6.45) is 0. The molecule has 0 atom stereocenters. The fraction of sp³-hybridized carbons (Fsp3) is 0.188. The lowest BCUT2D eigenvalue weighted by Gasteiger charge is -2.12. The maximum atomic E-state index is 13.8. The van der Waals surface area contributed by atoms with E-state index in [-0.39, 0.29) is 5.56 Å². The van der Waals surface area contributed by atoms with Crippen molar-refractivity contribution in [2.24, 2.45) is 0 Å². The minimum Gasteiger partial charge on any atom is -0.495 e. The second kappa shape index (κ2) is 6.14. The molecule has 0 aromatic heterocycles. The summed E-state index contributed by atoms with van der Waals surface area (Å²) in [5.74, 6) is -0.670. The monoisotopic (exact) mass is 307 g/mol. The molecule has 0 unspecified atom stereocenters. The molecule has 1 N–H and O–H groups in total. The molecule has 0 saturated carbocycles. The number of carbonyl (C=O) groups is 1. The third-order valence-corrected chi connectivity index (χ3v) is 3.51. The summed E-state index contributed by atoms with van der Waals surface area (Å²) in [7, 11) is 1.48. The molecule has 0 aliphatic carbocycles. The van der Waals surface area contributed by atoms with Crippen LogP contribution < -0.4 is 10.1 Å². The van der Waals surface area contributed by atoms with Gasteiger partial charge in [-0.3, -0.25) is 4.79 Å². The SMILES string of the molecule is COc1cc(Cl)c(C)cc1NC(=O)c1ccc(C)cc1F. The van der Waals surface area contributed by atoms with Gasteiger partial charge in [-0.25, -0.2) is 4.39 Å². The van der Waals surface area contributed by atoms with Gasteiger partial charge in [-0.1, -0.05) is 17.7 Å². The van der Waals surface area contributed by atoms with Crippen molar-refractivity contribution in [3.8, 4) is 5.75 Å². The van der Waals surface area contributed by atoms with E-state index in [1.165, 1.54) is 19.2 Å². The summed E-state index contributed by atoms with van der Waals surface area (Å²) in [6, 6.07) is 7.75. The van der Waals surface area contributed by atoms with Crippen molar-refractivity contribution in [1.29, 1.82) is 0 Å². The van der Waals surface area contributed by atoms with Gasteiger partial charge >= 0.3 is 0 Å². The number of anilines is 1. The van der Waals surface area contributed by atoms with E-state index in [2.05, 4.69) is 5.32 Å². The molecular formula is C16H15ClFNO2. The van der Waals surface area contributed by atoms with Crippen LogP contribution in [0.25, 0.3) is 0 Å².